The zero-order chi connectivity index (χ0) is 16.5. The van der Waals surface area contributed by atoms with Crippen molar-refractivity contribution in [3.63, 3.8) is 0 Å². The Morgan fingerprint density at radius 1 is 0.810 bits per heavy atom. The molecule has 0 fully saturated rings. The van der Waals surface area contributed by atoms with E-state index in [4.69, 9.17) is 16.1 Å². The van der Waals surface area contributed by atoms with E-state index in [0.717, 1.165) is 0 Å². The van der Waals surface area contributed by atoms with Gasteiger partial charge in [-0.05, 0) is 0 Å². The van der Waals surface area contributed by atoms with Crippen molar-refractivity contribution in [2.45, 2.75) is 53.8 Å². The fraction of sp³-hybridized carbons (Fsp3) is 0.857. The van der Waals surface area contributed by atoms with Crippen LogP contribution in [0.1, 0.15) is 41.5 Å². The van der Waals surface area contributed by atoms with Gasteiger partial charge in [-0.15, -0.1) is 0 Å². The SMILES string of the molecule is CCOC[C](=O)[Ti]([O]C(C)C)([O]C(C)C)[C](=O)COCC. The van der Waals surface area contributed by atoms with Crippen LogP contribution in [0.5, 0.6) is 0 Å². The fourth-order valence-corrected chi connectivity index (χ4v) is 6.07. The molecule has 0 aliphatic rings. The Morgan fingerprint density at radius 3 is 1.38 bits per heavy atom. The van der Waals surface area contributed by atoms with Crippen molar-refractivity contribution in [3.8, 4) is 0 Å². The number of ether oxygens (including phenoxy) is 2. The summed E-state index contributed by atoms with van der Waals surface area (Å²) in [5, 5.41) is 0. The summed E-state index contributed by atoms with van der Waals surface area (Å²) < 4.78 is 21.2. The van der Waals surface area contributed by atoms with Gasteiger partial charge in [0.1, 0.15) is 0 Å². The maximum atomic E-state index is 12.5. The van der Waals surface area contributed by atoms with Gasteiger partial charge in [0.05, 0.1) is 0 Å². The molecule has 0 unspecified atom stereocenters. The maximum absolute atomic E-state index is 12.5. The van der Waals surface area contributed by atoms with E-state index in [1.165, 1.54) is 0 Å². The predicted octanol–water partition coefficient (Wildman–Crippen LogP) is 1.95. The van der Waals surface area contributed by atoms with Gasteiger partial charge < -0.3 is 0 Å². The van der Waals surface area contributed by atoms with Crippen LogP contribution in [0.3, 0.4) is 0 Å². The number of hydrogen-bond acceptors (Lipinski definition) is 6. The summed E-state index contributed by atoms with van der Waals surface area (Å²) in [5.74, 6) is 0. The average Bonchev–Trinajstić information content (AvgIpc) is 2.39. The minimum absolute atomic E-state index is 0.159. The second-order valence-electron chi connectivity index (χ2n) is 5.07. The third kappa shape index (κ3) is 7.13. The van der Waals surface area contributed by atoms with E-state index in [9.17, 15) is 9.59 Å². The van der Waals surface area contributed by atoms with E-state index >= 15 is 0 Å². The van der Waals surface area contributed by atoms with E-state index in [2.05, 4.69) is 0 Å². The second kappa shape index (κ2) is 10.6. The second-order valence-corrected chi connectivity index (χ2v) is 9.47. The molecular formula is C14H28O6Ti. The third-order valence-corrected chi connectivity index (χ3v) is 7.66. The van der Waals surface area contributed by atoms with Crippen LogP contribution in [-0.2, 0) is 43.1 Å². The zero-order valence-electron chi connectivity index (χ0n) is 13.9. The monoisotopic (exact) mass is 340 g/mol. The Hall–Kier alpha value is -0.106. The van der Waals surface area contributed by atoms with Gasteiger partial charge in [0, 0.05) is 0 Å². The van der Waals surface area contributed by atoms with E-state index in [-0.39, 0.29) is 33.6 Å². The molecule has 0 aromatic heterocycles. The molecule has 0 aliphatic carbocycles. The Morgan fingerprint density at radius 2 is 1.14 bits per heavy atom. The van der Waals surface area contributed by atoms with Crippen LogP contribution in [0.2, 0.25) is 0 Å². The molecule has 0 aliphatic heterocycles. The van der Waals surface area contributed by atoms with E-state index < -0.39 is 17.4 Å². The van der Waals surface area contributed by atoms with E-state index in [1.807, 2.05) is 0 Å². The third-order valence-electron chi connectivity index (χ3n) is 2.41. The standard InChI is InChI=1S/2C4H7O2.2C3H7O.Ti/c2*1-2-6-4-3-5;2*1-3(2)4;/h2*2,4H2,1H3;2*3H,1-2H3;/q;;2*-1;+2. The van der Waals surface area contributed by atoms with Gasteiger partial charge in [0.2, 0.25) is 0 Å². The number of rotatable bonds is 12. The molecule has 0 saturated carbocycles. The fourth-order valence-electron chi connectivity index (χ4n) is 1.69. The first-order valence-electron chi connectivity index (χ1n) is 7.37. The van der Waals surface area contributed by atoms with Gasteiger partial charge in [-0.2, -0.15) is 0 Å². The van der Waals surface area contributed by atoms with Gasteiger partial charge in [-0.3, -0.25) is 0 Å². The molecule has 0 radical (unpaired) electrons. The van der Waals surface area contributed by atoms with Crippen LogP contribution < -0.4 is 0 Å². The van der Waals surface area contributed by atoms with Crippen LogP contribution >= 0.6 is 0 Å². The summed E-state index contributed by atoms with van der Waals surface area (Å²) in [7, 11) is 0. The first kappa shape index (κ1) is 20.9. The van der Waals surface area contributed by atoms with Crippen molar-refractivity contribution in [2.75, 3.05) is 26.4 Å². The van der Waals surface area contributed by atoms with Crippen molar-refractivity contribution in [1.82, 2.24) is 0 Å². The molecular weight excluding hydrogens is 312 g/mol. The molecule has 0 aromatic carbocycles. The Kier molecular flexibility index (Phi) is 10.5. The summed E-state index contributed by atoms with van der Waals surface area (Å²) >= 11 is -4.35. The first-order chi connectivity index (χ1) is 9.80. The van der Waals surface area contributed by atoms with Gasteiger partial charge in [-0.25, -0.2) is 0 Å². The number of carbonyl (C=O) groups is 2. The van der Waals surface area contributed by atoms with Crippen LogP contribution in [0, 0.1) is 0 Å². The van der Waals surface area contributed by atoms with Crippen molar-refractivity contribution in [1.29, 1.82) is 0 Å². The molecule has 0 aromatic rings. The van der Waals surface area contributed by atoms with Crippen molar-refractivity contribution >= 4 is 8.18 Å². The summed E-state index contributed by atoms with van der Waals surface area (Å²) in [5.41, 5.74) is 0. The van der Waals surface area contributed by atoms with Crippen LogP contribution in [0.4, 0.5) is 0 Å². The van der Waals surface area contributed by atoms with Gasteiger partial charge in [0.25, 0.3) is 0 Å². The van der Waals surface area contributed by atoms with Crippen LogP contribution in [0.15, 0.2) is 0 Å². The summed E-state index contributed by atoms with van der Waals surface area (Å²) in [6.45, 7) is 11.2. The Labute approximate surface area is 131 Å². The van der Waals surface area contributed by atoms with Gasteiger partial charge in [0.15, 0.2) is 0 Å². The topological polar surface area (TPSA) is 71.1 Å². The molecule has 21 heavy (non-hydrogen) atoms. The average molecular weight is 340 g/mol. The van der Waals surface area contributed by atoms with Crippen LogP contribution in [0.25, 0.3) is 0 Å². The summed E-state index contributed by atoms with van der Waals surface area (Å²) in [4.78, 5) is 25.1. The molecule has 0 atom stereocenters. The molecule has 6 nitrogen and oxygen atoms in total. The van der Waals surface area contributed by atoms with Crippen molar-refractivity contribution in [3.05, 3.63) is 0 Å². The van der Waals surface area contributed by atoms with E-state index in [1.54, 1.807) is 41.5 Å². The summed E-state index contributed by atoms with van der Waals surface area (Å²) in [6, 6.07) is 0. The molecule has 0 amide bonds. The molecule has 0 rings (SSSR count). The van der Waals surface area contributed by atoms with Crippen molar-refractivity contribution in [2.24, 2.45) is 0 Å². The minimum atomic E-state index is -4.35. The van der Waals surface area contributed by atoms with E-state index in [0.29, 0.717) is 13.2 Å². The molecule has 124 valence electrons. The normalized spacial score (nSPS) is 12.2. The summed E-state index contributed by atoms with van der Waals surface area (Å²) in [6.07, 6.45) is -0.556. The molecule has 7 heteroatoms. The Balaban J connectivity index is 5.38. The molecule has 0 heterocycles. The van der Waals surface area contributed by atoms with Gasteiger partial charge in [-0.1, -0.05) is 0 Å². The molecule has 0 N–H and O–H groups in total. The first-order valence-corrected chi connectivity index (χ1v) is 10.2. The van der Waals surface area contributed by atoms with Crippen molar-refractivity contribution < 1.29 is 43.1 Å². The number of hydrogen-bond donors (Lipinski definition) is 0. The molecule has 0 spiro atoms. The van der Waals surface area contributed by atoms with Crippen LogP contribution in [-0.4, -0.2) is 46.8 Å². The quantitative estimate of drug-likeness (QED) is 0.506. The number of carbonyl (C=O) groups excluding carboxylic acids is 2. The molecule has 0 bridgehead atoms. The zero-order valence-corrected chi connectivity index (χ0v) is 15.5. The molecule has 0 saturated heterocycles. The van der Waals surface area contributed by atoms with Gasteiger partial charge >= 0.3 is 131 Å². The Bertz CT molecular complexity index is 297. The predicted molar refractivity (Wildman–Crippen MR) is 75.4 cm³/mol.